The van der Waals surface area contributed by atoms with E-state index >= 15 is 0 Å². The molecule has 1 N–H and O–H groups in total. The first-order chi connectivity index (χ1) is 9.36. The van der Waals surface area contributed by atoms with E-state index in [2.05, 4.69) is 31.1 Å². The number of nitrogens with zero attached hydrogens (tertiary/aromatic N) is 2. The van der Waals surface area contributed by atoms with Gasteiger partial charge in [-0.1, -0.05) is 20.8 Å². The summed E-state index contributed by atoms with van der Waals surface area (Å²) in [5.41, 5.74) is 1.20. The van der Waals surface area contributed by atoms with Gasteiger partial charge in [-0.25, -0.2) is 4.98 Å². The van der Waals surface area contributed by atoms with Crippen molar-refractivity contribution in [3.8, 4) is 0 Å². The summed E-state index contributed by atoms with van der Waals surface area (Å²) in [6, 6.07) is 0.133. The summed E-state index contributed by atoms with van der Waals surface area (Å²) in [6.45, 7) is 8.22. The third-order valence-electron chi connectivity index (χ3n) is 3.42. The fraction of sp³-hybridized carbons (Fsp3) is 0.714. The van der Waals surface area contributed by atoms with Gasteiger partial charge < -0.3 is 5.11 Å². The molecule has 1 fully saturated rings. The van der Waals surface area contributed by atoms with Crippen molar-refractivity contribution in [2.75, 3.05) is 18.1 Å². The van der Waals surface area contributed by atoms with Crippen LogP contribution in [-0.4, -0.2) is 45.1 Å². The Morgan fingerprint density at radius 3 is 2.90 bits per heavy atom. The maximum atomic E-state index is 11.0. The second-order valence-electron chi connectivity index (χ2n) is 6.17. The number of hydrogen-bond acceptors (Lipinski definition) is 5. The van der Waals surface area contributed by atoms with Gasteiger partial charge in [0, 0.05) is 34.9 Å². The molecule has 0 spiro atoms. The van der Waals surface area contributed by atoms with Crippen molar-refractivity contribution in [3.63, 3.8) is 0 Å². The van der Waals surface area contributed by atoms with Crippen LogP contribution in [0.5, 0.6) is 0 Å². The molecule has 0 saturated carbocycles. The number of carbonyl (C=O) groups is 1. The average molecular weight is 314 g/mol. The Morgan fingerprint density at radius 2 is 2.30 bits per heavy atom. The standard InChI is InChI=1S/C14H22N2O2S2/c1-14(2,3)11-9-20-12(15-11)7-16-4-5-19-8-10(16)6-13(17)18/h9-10H,4-8H2,1-3H3,(H,17,18). The van der Waals surface area contributed by atoms with E-state index in [4.69, 9.17) is 10.1 Å². The first kappa shape index (κ1) is 15.8. The van der Waals surface area contributed by atoms with Crippen LogP contribution < -0.4 is 0 Å². The van der Waals surface area contributed by atoms with Crippen molar-refractivity contribution < 1.29 is 9.90 Å². The molecular formula is C14H22N2O2S2. The lowest BCUT2D eigenvalue weighted by molar-refractivity contribution is -0.138. The lowest BCUT2D eigenvalue weighted by atomic mass is 9.93. The normalized spacial score (nSPS) is 21.1. The fourth-order valence-corrected chi connectivity index (χ4v) is 4.36. The minimum atomic E-state index is -0.711. The Morgan fingerprint density at radius 1 is 1.55 bits per heavy atom. The lowest BCUT2D eigenvalue weighted by Gasteiger charge is -2.33. The Balaban J connectivity index is 2.03. The molecule has 1 aromatic heterocycles. The molecule has 0 bridgehead atoms. The number of aromatic nitrogens is 1. The molecule has 2 rings (SSSR count). The van der Waals surface area contributed by atoms with E-state index in [1.807, 2.05) is 11.8 Å². The van der Waals surface area contributed by atoms with Crippen LogP contribution in [0.3, 0.4) is 0 Å². The maximum Gasteiger partial charge on any atom is 0.304 e. The van der Waals surface area contributed by atoms with Gasteiger partial charge in [-0.05, 0) is 0 Å². The van der Waals surface area contributed by atoms with Gasteiger partial charge in [0.15, 0.2) is 0 Å². The first-order valence-electron chi connectivity index (χ1n) is 6.85. The van der Waals surface area contributed by atoms with E-state index in [9.17, 15) is 4.79 Å². The Bertz CT molecular complexity index is 468. The predicted molar refractivity (Wildman–Crippen MR) is 84.6 cm³/mol. The first-order valence-corrected chi connectivity index (χ1v) is 8.88. The zero-order chi connectivity index (χ0) is 14.8. The quantitative estimate of drug-likeness (QED) is 0.926. The van der Waals surface area contributed by atoms with Crippen LogP contribution in [0, 0.1) is 0 Å². The minimum Gasteiger partial charge on any atom is -0.481 e. The van der Waals surface area contributed by atoms with Crippen LogP contribution in [0.25, 0.3) is 0 Å². The number of rotatable bonds is 4. The van der Waals surface area contributed by atoms with Gasteiger partial charge in [-0.3, -0.25) is 9.69 Å². The van der Waals surface area contributed by atoms with Crippen molar-refractivity contribution in [3.05, 3.63) is 16.1 Å². The molecule has 0 aliphatic carbocycles. The van der Waals surface area contributed by atoms with Crippen molar-refractivity contribution in [2.24, 2.45) is 0 Å². The predicted octanol–water partition coefficient (Wildman–Crippen LogP) is 2.83. The highest BCUT2D eigenvalue weighted by atomic mass is 32.2. The summed E-state index contributed by atoms with van der Waals surface area (Å²) in [5.74, 6) is 1.27. The summed E-state index contributed by atoms with van der Waals surface area (Å²) in [6.07, 6.45) is 0.227. The van der Waals surface area contributed by atoms with E-state index < -0.39 is 5.97 Å². The molecule has 0 radical (unpaired) electrons. The molecule has 6 heteroatoms. The molecule has 0 amide bonds. The van der Waals surface area contributed by atoms with Crippen molar-refractivity contribution in [1.29, 1.82) is 0 Å². The van der Waals surface area contributed by atoms with Crippen LogP contribution in [0.15, 0.2) is 5.38 Å². The van der Waals surface area contributed by atoms with Gasteiger partial charge in [0.1, 0.15) is 5.01 Å². The summed E-state index contributed by atoms with van der Waals surface area (Å²) < 4.78 is 0. The van der Waals surface area contributed by atoms with E-state index in [0.29, 0.717) is 0 Å². The summed E-state index contributed by atoms with van der Waals surface area (Å²) in [7, 11) is 0. The smallest absolute Gasteiger partial charge is 0.304 e. The number of carboxylic acids is 1. The van der Waals surface area contributed by atoms with Crippen LogP contribution >= 0.6 is 23.1 Å². The van der Waals surface area contributed by atoms with Crippen molar-refractivity contribution >= 4 is 29.1 Å². The average Bonchev–Trinajstić information content (AvgIpc) is 2.79. The Labute approximate surface area is 128 Å². The molecule has 2 heterocycles. The molecule has 1 aliphatic heterocycles. The molecule has 1 unspecified atom stereocenters. The van der Waals surface area contributed by atoms with Gasteiger partial charge >= 0.3 is 5.97 Å². The molecule has 0 aromatic carbocycles. The number of aliphatic carboxylic acids is 1. The van der Waals surface area contributed by atoms with Crippen LogP contribution in [-0.2, 0) is 16.8 Å². The highest BCUT2D eigenvalue weighted by molar-refractivity contribution is 7.99. The van der Waals surface area contributed by atoms with Gasteiger partial charge in [0.2, 0.25) is 0 Å². The van der Waals surface area contributed by atoms with E-state index in [-0.39, 0.29) is 17.9 Å². The van der Waals surface area contributed by atoms with Crippen LogP contribution in [0.1, 0.15) is 37.9 Å². The molecule has 112 valence electrons. The zero-order valence-corrected chi connectivity index (χ0v) is 13.9. The summed E-state index contributed by atoms with van der Waals surface area (Å²) in [4.78, 5) is 17.9. The molecule has 1 aromatic rings. The molecule has 20 heavy (non-hydrogen) atoms. The molecule has 4 nitrogen and oxygen atoms in total. The number of thiazole rings is 1. The number of carboxylic acid groups (broad SMARTS) is 1. The van der Waals surface area contributed by atoms with Crippen LogP contribution in [0.2, 0.25) is 0 Å². The molecule has 1 aliphatic rings. The van der Waals surface area contributed by atoms with Gasteiger partial charge in [-0.15, -0.1) is 11.3 Å². The van der Waals surface area contributed by atoms with Gasteiger partial charge in [0.25, 0.3) is 0 Å². The highest BCUT2D eigenvalue weighted by Crippen LogP contribution is 2.26. The fourth-order valence-electron chi connectivity index (χ4n) is 2.19. The van der Waals surface area contributed by atoms with Crippen molar-refractivity contribution in [1.82, 2.24) is 9.88 Å². The number of thioether (sulfide) groups is 1. The third kappa shape index (κ3) is 4.20. The second-order valence-corrected chi connectivity index (χ2v) is 8.27. The SMILES string of the molecule is CC(C)(C)c1csc(CN2CCSCC2CC(=O)O)n1. The summed E-state index contributed by atoms with van der Waals surface area (Å²) >= 11 is 3.53. The van der Waals surface area contributed by atoms with Crippen molar-refractivity contribution in [2.45, 2.75) is 45.2 Å². The zero-order valence-electron chi connectivity index (χ0n) is 12.3. The molecule has 1 atom stereocenters. The topological polar surface area (TPSA) is 53.4 Å². The van der Waals surface area contributed by atoms with Gasteiger partial charge in [-0.2, -0.15) is 11.8 Å². The summed E-state index contributed by atoms with van der Waals surface area (Å²) in [5, 5.41) is 12.2. The Hall–Kier alpha value is -0.590. The Kier molecular flexibility index (Phi) is 5.09. The van der Waals surface area contributed by atoms with E-state index in [1.165, 1.54) is 0 Å². The van der Waals surface area contributed by atoms with E-state index in [0.717, 1.165) is 35.3 Å². The maximum absolute atomic E-state index is 11.0. The van der Waals surface area contributed by atoms with Gasteiger partial charge in [0.05, 0.1) is 18.7 Å². The molecular weight excluding hydrogens is 292 g/mol. The number of hydrogen-bond donors (Lipinski definition) is 1. The largest absolute Gasteiger partial charge is 0.481 e. The molecule has 1 saturated heterocycles. The van der Waals surface area contributed by atoms with Crippen LogP contribution in [0.4, 0.5) is 0 Å². The second kappa shape index (κ2) is 6.45. The third-order valence-corrected chi connectivity index (χ3v) is 5.34. The lowest BCUT2D eigenvalue weighted by Crippen LogP contribution is -2.42. The monoisotopic (exact) mass is 314 g/mol. The highest BCUT2D eigenvalue weighted by Gasteiger charge is 2.26. The minimum absolute atomic E-state index is 0.0764. The van der Waals surface area contributed by atoms with E-state index in [1.54, 1.807) is 11.3 Å².